The van der Waals surface area contributed by atoms with Crippen LogP contribution in [0.4, 0.5) is 5.69 Å². The van der Waals surface area contributed by atoms with Crippen LogP contribution in [0.3, 0.4) is 0 Å². The van der Waals surface area contributed by atoms with Gasteiger partial charge in [-0.05, 0) is 60.9 Å². The lowest BCUT2D eigenvalue weighted by molar-refractivity contribution is 0.102. The Hall–Kier alpha value is -3.23. The second-order valence-electron chi connectivity index (χ2n) is 7.52. The van der Waals surface area contributed by atoms with E-state index in [2.05, 4.69) is 5.32 Å². The average Bonchev–Trinajstić information content (AvgIpc) is 2.72. The largest absolute Gasteiger partial charge is 0.322 e. The molecular formula is C23H25N3O4S. The fraction of sp³-hybridized carbons (Fsp3) is 0.217. The fourth-order valence-corrected chi connectivity index (χ4v) is 4.32. The van der Waals surface area contributed by atoms with Crippen LogP contribution in [-0.2, 0) is 16.6 Å². The Kier molecular flexibility index (Phi) is 6.42. The first kappa shape index (κ1) is 22.5. The van der Waals surface area contributed by atoms with Crippen molar-refractivity contribution in [2.45, 2.75) is 25.3 Å². The van der Waals surface area contributed by atoms with E-state index in [0.29, 0.717) is 17.8 Å². The molecule has 1 N–H and O–H groups in total. The number of carbonyl (C=O) groups excluding carboxylic acids is 1. The van der Waals surface area contributed by atoms with Crippen molar-refractivity contribution in [2.75, 3.05) is 19.4 Å². The van der Waals surface area contributed by atoms with Crippen LogP contribution >= 0.6 is 0 Å². The number of sulfonamides is 1. The molecule has 0 aliphatic carbocycles. The van der Waals surface area contributed by atoms with Crippen molar-refractivity contribution < 1.29 is 13.2 Å². The molecule has 7 nitrogen and oxygen atoms in total. The minimum Gasteiger partial charge on any atom is -0.322 e. The van der Waals surface area contributed by atoms with Crippen LogP contribution in [0.2, 0.25) is 0 Å². The number of benzene rings is 2. The summed E-state index contributed by atoms with van der Waals surface area (Å²) in [5.41, 5.74) is 3.00. The van der Waals surface area contributed by atoms with Gasteiger partial charge in [0.1, 0.15) is 0 Å². The summed E-state index contributed by atoms with van der Waals surface area (Å²) in [6.07, 6.45) is 1.72. The predicted octanol–water partition coefficient (Wildman–Crippen LogP) is 3.02. The molecule has 162 valence electrons. The average molecular weight is 440 g/mol. The van der Waals surface area contributed by atoms with Gasteiger partial charge in [0.05, 0.1) is 11.4 Å². The number of nitrogens with one attached hydrogen (secondary N) is 1. The Balaban J connectivity index is 1.81. The molecular weight excluding hydrogens is 414 g/mol. The number of carbonyl (C=O) groups is 1. The van der Waals surface area contributed by atoms with E-state index >= 15 is 0 Å². The number of aryl methyl sites for hydroxylation is 1. The normalized spacial score (nSPS) is 11.5. The monoisotopic (exact) mass is 439 g/mol. The summed E-state index contributed by atoms with van der Waals surface area (Å²) in [6, 6.07) is 15.2. The lowest BCUT2D eigenvalue weighted by atomic mass is 10.1. The van der Waals surface area contributed by atoms with Gasteiger partial charge in [0.2, 0.25) is 10.0 Å². The summed E-state index contributed by atoms with van der Waals surface area (Å²) in [7, 11) is -0.752. The number of aromatic nitrogens is 1. The van der Waals surface area contributed by atoms with E-state index in [9.17, 15) is 18.0 Å². The lowest BCUT2D eigenvalue weighted by Crippen LogP contribution is -2.24. The molecule has 0 saturated carbocycles. The first-order valence-electron chi connectivity index (χ1n) is 9.69. The van der Waals surface area contributed by atoms with Crippen molar-refractivity contribution in [2.24, 2.45) is 0 Å². The van der Waals surface area contributed by atoms with Crippen LogP contribution in [0.25, 0.3) is 0 Å². The highest BCUT2D eigenvalue weighted by Crippen LogP contribution is 2.24. The molecule has 0 fully saturated rings. The molecule has 0 saturated heterocycles. The summed E-state index contributed by atoms with van der Waals surface area (Å²) in [6.45, 7) is 3.93. The lowest BCUT2D eigenvalue weighted by Gasteiger charge is -2.16. The maximum absolute atomic E-state index is 12.8. The van der Waals surface area contributed by atoms with E-state index < -0.39 is 15.9 Å². The standard InChI is InChI=1S/C23H25N3O4S/c1-16-13-19(14-21(17(16)2)31(29,30)25(3)4)23(28)24-20-10-8-18(9-11-20)15-26-12-6-5-7-22(26)27/h5-14H,15H2,1-4H3,(H,24,28). The van der Waals surface area contributed by atoms with E-state index in [0.717, 1.165) is 15.4 Å². The summed E-state index contributed by atoms with van der Waals surface area (Å²) < 4.78 is 28.0. The SMILES string of the molecule is Cc1cc(C(=O)Nc2ccc(Cn3ccccc3=O)cc2)cc(S(=O)(=O)N(C)C)c1C. The van der Waals surface area contributed by atoms with Crippen LogP contribution < -0.4 is 10.9 Å². The zero-order valence-electron chi connectivity index (χ0n) is 17.9. The van der Waals surface area contributed by atoms with E-state index in [1.165, 1.54) is 26.2 Å². The molecule has 3 aromatic rings. The predicted molar refractivity (Wildman–Crippen MR) is 121 cm³/mol. The van der Waals surface area contributed by atoms with E-state index in [-0.39, 0.29) is 16.0 Å². The highest BCUT2D eigenvalue weighted by atomic mass is 32.2. The zero-order valence-corrected chi connectivity index (χ0v) is 18.7. The third-order valence-electron chi connectivity index (χ3n) is 5.10. The van der Waals surface area contributed by atoms with Gasteiger partial charge in [-0.3, -0.25) is 9.59 Å². The first-order valence-corrected chi connectivity index (χ1v) is 11.1. The topological polar surface area (TPSA) is 88.5 Å². The van der Waals surface area contributed by atoms with E-state index in [1.807, 2.05) is 12.1 Å². The Morgan fingerprint density at radius 3 is 2.32 bits per heavy atom. The van der Waals surface area contributed by atoms with Gasteiger partial charge in [-0.1, -0.05) is 18.2 Å². The third kappa shape index (κ3) is 4.92. The summed E-state index contributed by atoms with van der Waals surface area (Å²) in [5, 5.41) is 2.80. The maximum atomic E-state index is 12.8. The number of amides is 1. The Labute approximate surface area is 182 Å². The summed E-state index contributed by atoms with van der Waals surface area (Å²) >= 11 is 0. The Bertz CT molecular complexity index is 1280. The van der Waals surface area contributed by atoms with Gasteiger partial charge in [-0.25, -0.2) is 12.7 Å². The molecule has 1 amide bonds. The van der Waals surface area contributed by atoms with Gasteiger partial charge in [-0.15, -0.1) is 0 Å². The maximum Gasteiger partial charge on any atom is 0.255 e. The molecule has 0 bridgehead atoms. The summed E-state index contributed by atoms with van der Waals surface area (Å²) in [4.78, 5) is 24.7. The molecule has 8 heteroatoms. The molecule has 1 aromatic heterocycles. The minimum absolute atomic E-state index is 0.0851. The molecule has 0 aliphatic rings. The fourth-order valence-electron chi connectivity index (χ4n) is 3.11. The third-order valence-corrected chi connectivity index (χ3v) is 7.05. The van der Waals surface area contributed by atoms with Crippen molar-refractivity contribution >= 4 is 21.6 Å². The van der Waals surface area contributed by atoms with Crippen LogP contribution in [0.15, 0.2) is 70.5 Å². The summed E-state index contributed by atoms with van der Waals surface area (Å²) in [5.74, 6) is -0.398. The highest BCUT2D eigenvalue weighted by molar-refractivity contribution is 7.89. The molecule has 0 spiro atoms. The number of anilines is 1. The minimum atomic E-state index is -3.67. The molecule has 0 aliphatic heterocycles. The van der Waals surface area contributed by atoms with Crippen molar-refractivity contribution in [1.29, 1.82) is 0 Å². The number of nitrogens with zero attached hydrogens (tertiary/aromatic N) is 2. The highest BCUT2D eigenvalue weighted by Gasteiger charge is 2.23. The number of pyridine rings is 1. The zero-order chi connectivity index (χ0) is 22.8. The van der Waals surface area contributed by atoms with E-state index in [4.69, 9.17) is 0 Å². The van der Waals surface area contributed by atoms with E-state index in [1.54, 1.807) is 54.9 Å². The Morgan fingerprint density at radius 2 is 1.71 bits per heavy atom. The quantitative estimate of drug-likeness (QED) is 0.640. The first-order chi connectivity index (χ1) is 14.6. The van der Waals surface area contributed by atoms with Crippen molar-refractivity contribution in [3.8, 4) is 0 Å². The number of rotatable bonds is 6. The molecule has 31 heavy (non-hydrogen) atoms. The van der Waals surface area contributed by atoms with Crippen LogP contribution in [0.1, 0.15) is 27.0 Å². The van der Waals surface area contributed by atoms with Gasteiger partial charge in [0.25, 0.3) is 11.5 Å². The van der Waals surface area contributed by atoms with Gasteiger partial charge in [-0.2, -0.15) is 0 Å². The van der Waals surface area contributed by atoms with Crippen LogP contribution in [0.5, 0.6) is 0 Å². The molecule has 1 heterocycles. The van der Waals surface area contributed by atoms with Gasteiger partial charge in [0, 0.05) is 37.6 Å². The smallest absolute Gasteiger partial charge is 0.255 e. The van der Waals surface area contributed by atoms with Crippen LogP contribution in [0, 0.1) is 13.8 Å². The molecule has 0 atom stereocenters. The van der Waals surface area contributed by atoms with Crippen LogP contribution in [-0.4, -0.2) is 37.3 Å². The molecule has 0 radical (unpaired) electrons. The van der Waals surface area contributed by atoms with Gasteiger partial charge >= 0.3 is 0 Å². The van der Waals surface area contributed by atoms with Crippen molar-refractivity contribution in [3.63, 3.8) is 0 Å². The van der Waals surface area contributed by atoms with Gasteiger partial charge in [0.15, 0.2) is 0 Å². The molecule has 0 unspecified atom stereocenters. The molecule has 2 aromatic carbocycles. The molecule has 3 rings (SSSR count). The van der Waals surface area contributed by atoms with Crippen molar-refractivity contribution in [1.82, 2.24) is 8.87 Å². The van der Waals surface area contributed by atoms with Gasteiger partial charge < -0.3 is 9.88 Å². The second kappa shape index (κ2) is 8.87. The Morgan fingerprint density at radius 1 is 1.03 bits per heavy atom. The van der Waals surface area contributed by atoms with Crippen molar-refractivity contribution in [3.05, 3.63) is 93.4 Å². The second-order valence-corrected chi connectivity index (χ2v) is 9.64. The number of hydrogen-bond donors (Lipinski definition) is 1. The number of hydrogen-bond acceptors (Lipinski definition) is 4.